The number of halogens is 1. The maximum atomic E-state index is 5.97. The Morgan fingerprint density at radius 2 is 2.21 bits per heavy atom. The van der Waals surface area contributed by atoms with Gasteiger partial charge in [-0.2, -0.15) is 0 Å². The number of ether oxygens (including phenoxy) is 1. The van der Waals surface area contributed by atoms with E-state index in [0.29, 0.717) is 6.04 Å². The second-order valence-electron chi connectivity index (χ2n) is 5.37. The monoisotopic (exact) mass is 326 g/mol. The molecule has 0 saturated heterocycles. The van der Waals surface area contributed by atoms with Gasteiger partial charge in [0.1, 0.15) is 0 Å². The Balaban J connectivity index is 2.25. The van der Waals surface area contributed by atoms with E-state index in [-0.39, 0.29) is 6.04 Å². The van der Waals surface area contributed by atoms with Crippen LogP contribution in [0.4, 0.5) is 5.69 Å². The van der Waals surface area contributed by atoms with Gasteiger partial charge in [0, 0.05) is 35.9 Å². The number of anilines is 1. The molecule has 0 aromatic heterocycles. The molecule has 1 aliphatic carbocycles. The van der Waals surface area contributed by atoms with Gasteiger partial charge in [-0.05, 0) is 43.9 Å². The van der Waals surface area contributed by atoms with Crippen molar-refractivity contribution in [3.05, 3.63) is 28.2 Å². The summed E-state index contributed by atoms with van der Waals surface area (Å²) in [6.07, 6.45) is 3.49. The Hall–Kier alpha value is -0.580. The van der Waals surface area contributed by atoms with Gasteiger partial charge in [-0.3, -0.25) is 0 Å². The zero-order valence-electron chi connectivity index (χ0n) is 11.7. The zero-order chi connectivity index (χ0) is 13.8. The molecule has 1 unspecified atom stereocenters. The molecule has 1 atom stereocenters. The third-order valence-electron chi connectivity index (χ3n) is 3.42. The molecule has 3 nitrogen and oxygen atoms in total. The molecule has 1 fully saturated rings. The SMILES string of the molecule is COCCN(c1cc(Br)ccc1CC(C)N)C1CC1. The van der Waals surface area contributed by atoms with Crippen molar-refractivity contribution in [1.82, 2.24) is 0 Å². The topological polar surface area (TPSA) is 38.5 Å². The van der Waals surface area contributed by atoms with E-state index < -0.39 is 0 Å². The summed E-state index contributed by atoms with van der Waals surface area (Å²) in [5.74, 6) is 0. The second-order valence-corrected chi connectivity index (χ2v) is 6.29. The van der Waals surface area contributed by atoms with Crippen molar-refractivity contribution >= 4 is 21.6 Å². The summed E-state index contributed by atoms with van der Waals surface area (Å²) in [6.45, 7) is 3.77. The fraction of sp³-hybridized carbons (Fsp3) is 0.600. The molecule has 19 heavy (non-hydrogen) atoms. The van der Waals surface area contributed by atoms with Crippen LogP contribution in [0.25, 0.3) is 0 Å². The van der Waals surface area contributed by atoms with Crippen molar-refractivity contribution in [3.63, 3.8) is 0 Å². The van der Waals surface area contributed by atoms with Crippen LogP contribution in [0, 0.1) is 0 Å². The predicted octanol–water partition coefficient (Wildman–Crippen LogP) is 2.95. The van der Waals surface area contributed by atoms with Gasteiger partial charge < -0.3 is 15.4 Å². The van der Waals surface area contributed by atoms with Gasteiger partial charge in [0.25, 0.3) is 0 Å². The zero-order valence-corrected chi connectivity index (χ0v) is 13.3. The van der Waals surface area contributed by atoms with Crippen molar-refractivity contribution in [1.29, 1.82) is 0 Å². The van der Waals surface area contributed by atoms with Crippen LogP contribution in [0.3, 0.4) is 0 Å². The minimum absolute atomic E-state index is 0.184. The van der Waals surface area contributed by atoms with Gasteiger partial charge >= 0.3 is 0 Å². The summed E-state index contributed by atoms with van der Waals surface area (Å²) in [7, 11) is 1.76. The minimum Gasteiger partial charge on any atom is -0.383 e. The van der Waals surface area contributed by atoms with E-state index in [4.69, 9.17) is 10.5 Å². The van der Waals surface area contributed by atoms with Crippen molar-refractivity contribution < 1.29 is 4.74 Å². The average molecular weight is 327 g/mol. The minimum atomic E-state index is 0.184. The van der Waals surface area contributed by atoms with E-state index in [2.05, 4.69) is 46.0 Å². The van der Waals surface area contributed by atoms with E-state index >= 15 is 0 Å². The molecule has 1 saturated carbocycles. The second kappa shape index (κ2) is 6.73. The highest BCUT2D eigenvalue weighted by atomic mass is 79.9. The van der Waals surface area contributed by atoms with Crippen molar-refractivity contribution in [2.24, 2.45) is 5.73 Å². The van der Waals surface area contributed by atoms with Crippen molar-refractivity contribution in [2.45, 2.75) is 38.3 Å². The molecule has 1 aliphatic rings. The van der Waals surface area contributed by atoms with Crippen LogP contribution in [0.1, 0.15) is 25.3 Å². The van der Waals surface area contributed by atoms with E-state index in [1.54, 1.807) is 7.11 Å². The first kappa shape index (κ1) is 14.8. The van der Waals surface area contributed by atoms with Gasteiger partial charge in [0.15, 0.2) is 0 Å². The molecule has 0 aliphatic heterocycles. The van der Waals surface area contributed by atoms with Gasteiger partial charge in [0.05, 0.1) is 6.61 Å². The first-order valence-electron chi connectivity index (χ1n) is 6.91. The Kier molecular flexibility index (Phi) is 5.25. The van der Waals surface area contributed by atoms with Gasteiger partial charge in [-0.15, -0.1) is 0 Å². The molecule has 0 spiro atoms. The molecule has 4 heteroatoms. The molecule has 0 radical (unpaired) electrons. The van der Waals surface area contributed by atoms with Gasteiger partial charge in [0.2, 0.25) is 0 Å². The molecular formula is C15H23BrN2O. The molecule has 106 valence electrons. The van der Waals surface area contributed by atoms with Gasteiger partial charge in [-0.1, -0.05) is 22.0 Å². The number of nitrogens with two attached hydrogens (primary N) is 1. The predicted molar refractivity (Wildman–Crippen MR) is 83.7 cm³/mol. The van der Waals surface area contributed by atoms with Crippen molar-refractivity contribution in [2.75, 3.05) is 25.2 Å². The molecular weight excluding hydrogens is 304 g/mol. The first-order chi connectivity index (χ1) is 9.11. The highest BCUT2D eigenvalue weighted by Gasteiger charge is 2.30. The molecule has 0 bridgehead atoms. The van der Waals surface area contributed by atoms with E-state index in [0.717, 1.165) is 24.0 Å². The maximum Gasteiger partial charge on any atom is 0.0637 e. The average Bonchev–Trinajstić information content (AvgIpc) is 3.17. The number of hydrogen-bond donors (Lipinski definition) is 1. The Morgan fingerprint density at radius 3 is 2.79 bits per heavy atom. The fourth-order valence-corrected chi connectivity index (χ4v) is 2.75. The largest absolute Gasteiger partial charge is 0.383 e. The van der Waals surface area contributed by atoms with E-state index in [1.807, 2.05) is 0 Å². The molecule has 2 N–H and O–H groups in total. The lowest BCUT2D eigenvalue weighted by atomic mass is 10.0. The summed E-state index contributed by atoms with van der Waals surface area (Å²) in [4.78, 5) is 2.48. The van der Waals surface area contributed by atoms with Crippen LogP contribution in [-0.4, -0.2) is 32.3 Å². The summed E-state index contributed by atoms with van der Waals surface area (Å²) in [6, 6.07) is 7.36. The number of rotatable bonds is 7. The van der Waals surface area contributed by atoms with E-state index in [1.165, 1.54) is 24.1 Å². The highest BCUT2D eigenvalue weighted by Crippen LogP contribution is 2.35. The van der Waals surface area contributed by atoms with Crippen LogP contribution in [0.15, 0.2) is 22.7 Å². The number of benzene rings is 1. The lowest BCUT2D eigenvalue weighted by Gasteiger charge is -2.27. The number of hydrogen-bond acceptors (Lipinski definition) is 3. The fourth-order valence-electron chi connectivity index (χ4n) is 2.40. The van der Waals surface area contributed by atoms with Crippen molar-refractivity contribution in [3.8, 4) is 0 Å². The van der Waals surface area contributed by atoms with Crippen LogP contribution in [0.5, 0.6) is 0 Å². The molecule has 1 aromatic carbocycles. The van der Waals surface area contributed by atoms with Crippen LogP contribution >= 0.6 is 15.9 Å². The smallest absolute Gasteiger partial charge is 0.0637 e. The Morgan fingerprint density at radius 1 is 1.47 bits per heavy atom. The lowest BCUT2D eigenvalue weighted by Crippen LogP contribution is -2.31. The third-order valence-corrected chi connectivity index (χ3v) is 3.92. The first-order valence-corrected chi connectivity index (χ1v) is 7.70. The number of nitrogens with zero attached hydrogens (tertiary/aromatic N) is 1. The highest BCUT2D eigenvalue weighted by molar-refractivity contribution is 9.10. The molecule has 1 aromatic rings. The summed E-state index contributed by atoms with van der Waals surface area (Å²) in [5.41, 5.74) is 8.61. The molecule has 2 rings (SSSR count). The lowest BCUT2D eigenvalue weighted by molar-refractivity contribution is 0.205. The quantitative estimate of drug-likeness (QED) is 0.837. The normalized spacial score (nSPS) is 16.4. The summed E-state index contributed by atoms with van der Waals surface area (Å²) in [5, 5.41) is 0. The maximum absolute atomic E-state index is 5.97. The Bertz CT molecular complexity index is 419. The standard InChI is InChI=1S/C15H23BrN2O/c1-11(17)9-12-3-4-13(16)10-15(12)18(7-8-19-2)14-5-6-14/h3-4,10-11,14H,5-9,17H2,1-2H3. The Labute approximate surface area is 124 Å². The summed E-state index contributed by atoms with van der Waals surface area (Å²) < 4.78 is 6.37. The van der Waals surface area contributed by atoms with Crippen LogP contribution in [-0.2, 0) is 11.2 Å². The van der Waals surface area contributed by atoms with Crippen LogP contribution in [0.2, 0.25) is 0 Å². The third kappa shape index (κ3) is 4.20. The van der Waals surface area contributed by atoms with Crippen LogP contribution < -0.4 is 10.6 Å². The van der Waals surface area contributed by atoms with Gasteiger partial charge in [-0.25, -0.2) is 0 Å². The van der Waals surface area contributed by atoms with E-state index in [9.17, 15) is 0 Å². The summed E-state index contributed by atoms with van der Waals surface area (Å²) >= 11 is 3.58. The molecule has 0 amide bonds. The molecule has 0 heterocycles. The number of methoxy groups -OCH3 is 1.